The van der Waals surface area contributed by atoms with Crippen LogP contribution in [0.3, 0.4) is 0 Å². The number of nitrogens with two attached hydrogens (primary N) is 1. The number of nitrogen functional groups attached to an aromatic ring is 1. The van der Waals surface area contributed by atoms with Crippen LogP contribution in [0.5, 0.6) is 0 Å². The highest BCUT2D eigenvalue weighted by molar-refractivity contribution is 9.10. The van der Waals surface area contributed by atoms with Gasteiger partial charge in [-0.3, -0.25) is 0 Å². The highest BCUT2D eigenvalue weighted by Gasteiger charge is 2.05. The first-order valence-electron chi connectivity index (χ1n) is 5.14. The van der Waals surface area contributed by atoms with Gasteiger partial charge in [0.1, 0.15) is 5.82 Å². The molecule has 0 saturated heterocycles. The Hall–Kier alpha value is -1.55. The topological polar surface area (TPSA) is 38.0 Å². The van der Waals surface area contributed by atoms with Gasteiger partial charge in [0, 0.05) is 4.47 Å². The number of nitrogens with one attached hydrogen (secondary N) is 1. The minimum atomic E-state index is -0.311. The summed E-state index contributed by atoms with van der Waals surface area (Å²) < 4.78 is 14.4. The van der Waals surface area contributed by atoms with Crippen molar-refractivity contribution in [1.29, 1.82) is 0 Å². The maximum atomic E-state index is 13.6. The first-order chi connectivity index (χ1) is 8.06. The molecule has 2 rings (SSSR count). The Labute approximate surface area is 108 Å². The molecule has 0 aliphatic heterocycles. The molecule has 2 aromatic carbocycles. The number of benzene rings is 2. The smallest absolute Gasteiger partial charge is 0.146 e. The maximum Gasteiger partial charge on any atom is 0.146 e. The van der Waals surface area contributed by atoms with Crippen LogP contribution < -0.4 is 11.1 Å². The van der Waals surface area contributed by atoms with Crippen molar-refractivity contribution < 1.29 is 4.39 Å². The average molecular weight is 295 g/mol. The summed E-state index contributed by atoms with van der Waals surface area (Å²) in [4.78, 5) is 0. The molecule has 0 aromatic heterocycles. The van der Waals surface area contributed by atoms with Crippen molar-refractivity contribution in [3.8, 4) is 0 Å². The molecule has 4 heteroatoms. The molecule has 0 spiro atoms. The standard InChI is InChI=1S/C13H12BrFN2/c1-8-2-5-11(16)13(6-8)17-12-7-9(14)3-4-10(12)15/h2-7,17H,16H2,1H3. The molecule has 3 N–H and O–H groups in total. The van der Waals surface area contributed by atoms with Crippen molar-refractivity contribution in [1.82, 2.24) is 0 Å². The second kappa shape index (κ2) is 4.75. The molecule has 0 atom stereocenters. The third kappa shape index (κ3) is 2.77. The average Bonchev–Trinajstić information content (AvgIpc) is 2.28. The molecule has 2 aromatic rings. The Morgan fingerprint density at radius 2 is 1.88 bits per heavy atom. The molecule has 0 amide bonds. The van der Waals surface area contributed by atoms with E-state index in [1.54, 1.807) is 18.2 Å². The normalized spacial score (nSPS) is 10.3. The van der Waals surface area contributed by atoms with Crippen LogP contribution in [0.1, 0.15) is 5.56 Å². The summed E-state index contributed by atoms with van der Waals surface area (Å²) in [5.74, 6) is -0.311. The molecule has 17 heavy (non-hydrogen) atoms. The van der Waals surface area contributed by atoms with E-state index in [9.17, 15) is 4.39 Å². The monoisotopic (exact) mass is 294 g/mol. The number of hydrogen-bond donors (Lipinski definition) is 2. The van der Waals surface area contributed by atoms with E-state index in [2.05, 4.69) is 21.2 Å². The van der Waals surface area contributed by atoms with Crippen molar-refractivity contribution >= 4 is 33.0 Å². The lowest BCUT2D eigenvalue weighted by Gasteiger charge is -2.11. The first kappa shape index (κ1) is 11.9. The second-order valence-corrected chi connectivity index (χ2v) is 4.76. The first-order valence-corrected chi connectivity index (χ1v) is 5.94. The molecule has 0 unspecified atom stereocenters. The van der Waals surface area contributed by atoms with Gasteiger partial charge < -0.3 is 11.1 Å². The van der Waals surface area contributed by atoms with Crippen molar-refractivity contribution in [3.63, 3.8) is 0 Å². The molecule has 0 saturated carbocycles. The molecule has 0 bridgehead atoms. The summed E-state index contributed by atoms with van der Waals surface area (Å²) in [5, 5.41) is 2.99. The minimum absolute atomic E-state index is 0.311. The number of halogens is 2. The van der Waals surface area contributed by atoms with E-state index in [0.29, 0.717) is 17.1 Å². The fourth-order valence-electron chi connectivity index (χ4n) is 1.52. The second-order valence-electron chi connectivity index (χ2n) is 3.84. The van der Waals surface area contributed by atoms with Crippen molar-refractivity contribution in [3.05, 3.63) is 52.3 Å². The molecule has 2 nitrogen and oxygen atoms in total. The lowest BCUT2D eigenvalue weighted by Crippen LogP contribution is -1.98. The summed E-state index contributed by atoms with van der Waals surface area (Å²) in [5.41, 5.74) is 8.60. The van der Waals surface area contributed by atoms with Gasteiger partial charge in [-0.05, 0) is 42.8 Å². The Morgan fingerprint density at radius 1 is 1.12 bits per heavy atom. The van der Waals surface area contributed by atoms with Gasteiger partial charge in [0.25, 0.3) is 0 Å². The third-order valence-corrected chi connectivity index (χ3v) is 2.90. The van der Waals surface area contributed by atoms with Crippen LogP contribution in [-0.4, -0.2) is 0 Å². The van der Waals surface area contributed by atoms with Crippen LogP contribution in [-0.2, 0) is 0 Å². The fourth-order valence-corrected chi connectivity index (χ4v) is 1.88. The van der Waals surface area contributed by atoms with Gasteiger partial charge in [-0.15, -0.1) is 0 Å². The van der Waals surface area contributed by atoms with Gasteiger partial charge in [0.05, 0.1) is 17.1 Å². The van der Waals surface area contributed by atoms with Gasteiger partial charge in [0.15, 0.2) is 0 Å². The van der Waals surface area contributed by atoms with Crippen LogP contribution in [0.25, 0.3) is 0 Å². The van der Waals surface area contributed by atoms with Crippen LogP contribution in [0, 0.1) is 12.7 Å². The zero-order valence-corrected chi connectivity index (χ0v) is 10.9. The van der Waals surface area contributed by atoms with Gasteiger partial charge in [-0.25, -0.2) is 4.39 Å². The van der Waals surface area contributed by atoms with E-state index in [1.165, 1.54) is 6.07 Å². The summed E-state index contributed by atoms with van der Waals surface area (Å²) in [6, 6.07) is 10.3. The highest BCUT2D eigenvalue weighted by atomic mass is 79.9. The number of anilines is 3. The summed E-state index contributed by atoms with van der Waals surface area (Å²) >= 11 is 3.30. The van der Waals surface area contributed by atoms with Gasteiger partial charge >= 0.3 is 0 Å². The number of rotatable bonds is 2. The van der Waals surface area contributed by atoms with Crippen LogP contribution >= 0.6 is 15.9 Å². The molecule has 0 radical (unpaired) electrons. The molecular weight excluding hydrogens is 283 g/mol. The summed E-state index contributed by atoms with van der Waals surface area (Å²) in [6.07, 6.45) is 0. The maximum absolute atomic E-state index is 13.6. The van der Waals surface area contributed by atoms with E-state index < -0.39 is 0 Å². The van der Waals surface area contributed by atoms with E-state index in [-0.39, 0.29) is 5.82 Å². The third-order valence-electron chi connectivity index (χ3n) is 2.41. The molecule has 0 aliphatic rings. The van der Waals surface area contributed by atoms with Gasteiger partial charge in [-0.2, -0.15) is 0 Å². The number of hydrogen-bond acceptors (Lipinski definition) is 2. The molecule has 0 heterocycles. The van der Waals surface area contributed by atoms with Crippen molar-refractivity contribution in [2.45, 2.75) is 6.92 Å². The predicted molar refractivity (Wildman–Crippen MR) is 73.0 cm³/mol. The summed E-state index contributed by atoms with van der Waals surface area (Å²) in [7, 11) is 0. The largest absolute Gasteiger partial charge is 0.397 e. The van der Waals surface area contributed by atoms with Crippen LogP contribution in [0.4, 0.5) is 21.5 Å². The predicted octanol–water partition coefficient (Wildman–Crippen LogP) is 4.22. The fraction of sp³-hybridized carbons (Fsp3) is 0.0769. The van der Waals surface area contributed by atoms with E-state index >= 15 is 0 Å². The SMILES string of the molecule is Cc1ccc(N)c(Nc2cc(Br)ccc2F)c1. The van der Waals surface area contributed by atoms with Crippen LogP contribution in [0.2, 0.25) is 0 Å². The molecule has 0 fully saturated rings. The zero-order valence-electron chi connectivity index (χ0n) is 9.30. The Kier molecular flexibility index (Phi) is 3.33. The lowest BCUT2D eigenvalue weighted by atomic mass is 10.2. The quantitative estimate of drug-likeness (QED) is 0.814. The van der Waals surface area contributed by atoms with Crippen molar-refractivity contribution in [2.75, 3.05) is 11.1 Å². The van der Waals surface area contributed by atoms with Gasteiger partial charge in [0.2, 0.25) is 0 Å². The Bertz CT molecular complexity index is 506. The van der Waals surface area contributed by atoms with Crippen LogP contribution in [0.15, 0.2) is 40.9 Å². The minimum Gasteiger partial charge on any atom is -0.397 e. The summed E-state index contributed by atoms with van der Waals surface area (Å²) in [6.45, 7) is 1.96. The highest BCUT2D eigenvalue weighted by Crippen LogP contribution is 2.27. The molecule has 88 valence electrons. The lowest BCUT2D eigenvalue weighted by molar-refractivity contribution is 0.631. The number of aryl methyl sites for hydroxylation is 1. The van der Waals surface area contributed by atoms with E-state index in [4.69, 9.17) is 5.73 Å². The molecule has 0 aliphatic carbocycles. The Morgan fingerprint density at radius 3 is 2.65 bits per heavy atom. The van der Waals surface area contributed by atoms with E-state index in [0.717, 1.165) is 10.0 Å². The molecular formula is C13H12BrFN2. The van der Waals surface area contributed by atoms with Crippen molar-refractivity contribution in [2.24, 2.45) is 0 Å². The Balaban J connectivity index is 2.37. The van der Waals surface area contributed by atoms with E-state index in [1.807, 2.05) is 19.1 Å². The van der Waals surface area contributed by atoms with Gasteiger partial charge in [-0.1, -0.05) is 22.0 Å². The zero-order chi connectivity index (χ0) is 12.4.